The Morgan fingerprint density at radius 2 is 1.66 bits per heavy atom. The number of hydrogen-bond donors (Lipinski definition) is 2. The SMILES string of the molecule is Nc1c(C(=O)NC23CC4CC(CC(C4)C2)C3)sc2nc(-c3ccccc3)ccc12. The molecule has 0 atom stereocenters. The van der Waals surface area contributed by atoms with E-state index >= 15 is 0 Å². The first kappa shape index (κ1) is 17.5. The van der Waals surface area contributed by atoms with Crippen molar-refractivity contribution >= 4 is 33.1 Å². The average molecular weight is 404 g/mol. The maximum absolute atomic E-state index is 13.3. The van der Waals surface area contributed by atoms with E-state index in [1.54, 1.807) is 0 Å². The number of nitrogen functional groups attached to an aromatic ring is 1. The number of carbonyl (C=O) groups is 1. The smallest absolute Gasteiger partial charge is 0.264 e. The number of hydrogen-bond acceptors (Lipinski definition) is 4. The molecule has 1 aromatic carbocycles. The first-order valence-electron chi connectivity index (χ1n) is 10.7. The summed E-state index contributed by atoms with van der Waals surface area (Å²) in [7, 11) is 0. The fourth-order valence-corrected chi connectivity index (χ4v) is 7.49. The fourth-order valence-electron chi connectivity index (χ4n) is 6.50. The topological polar surface area (TPSA) is 68.0 Å². The molecule has 1 amide bonds. The lowest BCUT2D eigenvalue weighted by molar-refractivity contribution is -0.0166. The molecule has 3 aromatic rings. The molecule has 148 valence electrons. The third kappa shape index (κ3) is 2.86. The molecule has 2 heterocycles. The molecular weight excluding hydrogens is 378 g/mol. The van der Waals surface area contributed by atoms with Crippen molar-refractivity contribution in [3.8, 4) is 11.3 Å². The molecule has 7 rings (SSSR count). The summed E-state index contributed by atoms with van der Waals surface area (Å²) in [5.74, 6) is 2.40. The normalized spacial score (nSPS) is 30.0. The molecule has 4 aliphatic rings. The molecule has 4 bridgehead atoms. The quantitative estimate of drug-likeness (QED) is 0.628. The van der Waals surface area contributed by atoms with Crippen molar-refractivity contribution in [2.24, 2.45) is 17.8 Å². The van der Waals surface area contributed by atoms with Crippen LogP contribution in [0.15, 0.2) is 42.5 Å². The van der Waals surface area contributed by atoms with Crippen molar-refractivity contribution in [2.45, 2.75) is 44.1 Å². The van der Waals surface area contributed by atoms with Gasteiger partial charge in [0.25, 0.3) is 5.91 Å². The van der Waals surface area contributed by atoms with Gasteiger partial charge in [-0.2, -0.15) is 0 Å². The number of nitrogens with zero attached hydrogens (tertiary/aromatic N) is 1. The fraction of sp³-hybridized carbons (Fsp3) is 0.417. The lowest BCUT2D eigenvalue weighted by Crippen LogP contribution is -2.59. The van der Waals surface area contributed by atoms with Gasteiger partial charge in [-0.05, 0) is 68.4 Å². The van der Waals surface area contributed by atoms with E-state index < -0.39 is 0 Å². The molecule has 0 aliphatic heterocycles. The minimum Gasteiger partial charge on any atom is -0.397 e. The summed E-state index contributed by atoms with van der Waals surface area (Å²) in [4.78, 5) is 19.5. The van der Waals surface area contributed by atoms with Crippen LogP contribution in [0.4, 0.5) is 5.69 Å². The van der Waals surface area contributed by atoms with Gasteiger partial charge in [0.2, 0.25) is 0 Å². The molecule has 0 saturated heterocycles. The van der Waals surface area contributed by atoms with Crippen LogP contribution in [-0.2, 0) is 0 Å². The number of thiophene rings is 1. The third-order valence-electron chi connectivity index (χ3n) is 7.29. The zero-order valence-electron chi connectivity index (χ0n) is 16.4. The second-order valence-electron chi connectivity index (χ2n) is 9.41. The van der Waals surface area contributed by atoms with Gasteiger partial charge in [-0.25, -0.2) is 4.98 Å². The molecule has 4 fully saturated rings. The van der Waals surface area contributed by atoms with Crippen LogP contribution in [0.1, 0.15) is 48.2 Å². The van der Waals surface area contributed by atoms with Crippen molar-refractivity contribution in [2.75, 3.05) is 5.73 Å². The number of aromatic nitrogens is 1. The Kier molecular flexibility index (Phi) is 3.79. The highest BCUT2D eigenvalue weighted by atomic mass is 32.1. The molecule has 0 radical (unpaired) electrons. The zero-order chi connectivity index (χ0) is 19.6. The molecule has 4 nitrogen and oxygen atoms in total. The van der Waals surface area contributed by atoms with E-state index in [9.17, 15) is 4.79 Å². The predicted octanol–water partition coefficient (Wildman–Crippen LogP) is 5.24. The first-order valence-corrected chi connectivity index (χ1v) is 11.5. The lowest BCUT2D eigenvalue weighted by atomic mass is 9.53. The summed E-state index contributed by atoms with van der Waals surface area (Å²) in [6.45, 7) is 0. The van der Waals surface area contributed by atoms with Crippen molar-refractivity contribution in [3.63, 3.8) is 0 Å². The summed E-state index contributed by atoms with van der Waals surface area (Å²) in [5, 5.41) is 4.33. The van der Waals surface area contributed by atoms with Gasteiger partial charge in [-0.1, -0.05) is 30.3 Å². The third-order valence-corrected chi connectivity index (χ3v) is 8.40. The second kappa shape index (κ2) is 6.30. The molecule has 4 aliphatic carbocycles. The van der Waals surface area contributed by atoms with E-state index in [4.69, 9.17) is 10.7 Å². The molecule has 0 unspecified atom stereocenters. The Balaban J connectivity index is 1.31. The number of nitrogens with two attached hydrogens (primary N) is 1. The standard InChI is InChI=1S/C24H25N3OS/c25-20-18-6-7-19(17-4-2-1-3-5-17)26-23(18)29-21(20)22(28)27-24-11-14-8-15(12-24)10-16(9-14)13-24/h1-7,14-16H,8-13,25H2,(H,27,28). The van der Waals surface area contributed by atoms with Crippen molar-refractivity contribution < 1.29 is 4.79 Å². The number of rotatable bonds is 3. The number of pyridine rings is 1. The van der Waals surface area contributed by atoms with E-state index in [-0.39, 0.29) is 11.4 Å². The number of benzene rings is 1. The van der Waals surface area contributed by atoms with Gasteiger partial charge < -0.3 is 11.1 Å². The van der Waals surface area contributed by atoms with E-state index in [2.05, 4.69) is 5.32 Å². The summed E-state index contributed by atoms with van der Waals surface area (Å²) >= 11 is 1.42. The number of amides is 1. The van der Waals surface area contributed by atoms with Crippen LogP contribution < -0.4 is 11.1 Å². The van der Waals surface area contributed by atoms with E-state index in [0.29, 0.717) is 10.6 Å². The Hall–Kier alpha value is -2.40. The number of fused-ring (bicyclic) bond motifs is 1. The van der Waals surface area contributed by atoms with Crippen LogP contribution in [0.3, 0.4) is 0 Å². The average Bonchev–Trinajstić information content (AvgIpc) is 3.03. The zero-order valence-corrected chi connectivity index (χ0v) is 17.2. The van der Waals surface area contributed by atoms with Crippen LogP contribution in [0.25, 0.3) is 21.5 Å². The number of carbonyl (C=O) groups excluding carboxylic acids is 1. The molecule has 5 heteroatoms. The Morgan fingerprint density at radius 3 is 2.31 bits per heavy atom. The van der Waals surface area contributed by atoms with Gasteiger partial charge in [0, 0.05) is 16.5 Å². The maximum atomic E-state index is 13.3. The molecule has 4 saturated carbocycles. The Bertz CT molecular complexity index is 1070. The number of nitrogens with one attached hydrogen (secondary N) is 1. The Labute approximate surface area is 174 Å². The number of anilines is 1. The predicted molar refractivity (Wildman–Crippen MR) is 118 cm³/mol. The van der Waals surface area contributed by atoms with Crippen molar-refractivity contribution in [3.05, 3.63) is 47.3 Å². The van der Waals surface area contributed by atoms with E-state index in [1.807, 2.05) is 42.5 Å². The second-order valence-corrected chi connectivity index (χ2v) is 10.4. The summed E-state index contributed by atoms with van der Waals surface area (Å²) in [6.07, 6.45) is 7.54. The molecule has 0 spiro atoms. The lowest BCUT2D eigenvalue weighted by Gasteiger charge is -2.56. The van der Waals surface area contributed by atoms with Gasteiger partial charge in [-0.15, -0.1) is 11.3 Å². The van der Waals surface area contributed by atoms with Crippen LogP contribution in [0.2, 0.25) is 0 Å². The minimum atomic E-state index is -0.00582. The van der Waals surface area contributed by atoms with E-state index in [1.165, 1.54) is 30.6 Å². The van der Waals surface area contributed by atoms with Crippen LogP contribution in [0, 0.1) is 17.8 Å². The summed E-state index contributed by atoms with van der Waals surface area (Å²) in [5.41, 5.74) is 8.95. The van der Waals surface area contributed by atoms with Crippen LogP contribution in [-0.4, -0.2) is 16.4 Å². The highest BCUT2D eigenvalue weighted by Gasteiger charge is 2.51. The maximum Gasteiger partial charge on any atom is 0.264 e. The summed E-state index contributed by atoms with van der Waals surface area (Å²) in [6, 6.07) is 14.1. The molecule has 2 aromatic heterocycles. The Morgan fingerprint density at radius 1 is 1.00 bits per heavy atom. The molecule has 29 heavy (non-hydrogen) atoms. The van der Waals surface area contributed by atoms with Crippen molar-refractivity contribution in [1.82, 2.24) is 10.3 Å². The van der Waals surface area contributed by atoms with E-state index in [0.717, 1.165) is 58.5 Å². The van der Waals surface area contributed by atoms with Gasteiger partial charge in [0.05, 0.1) is 11.4 Å². The van der Waals surface area contributed by atoms with Gasteiger partial charge in [-0.3, -0.25) is 4.79 Å². The minimum absolute atomic E-state index is 0.00290. The van der Waals surface area contributed by atoms with Gasteiger partial charge >= 0.3 is 0 Å². The monoisotopic (exact) mass is 403 g/mol. The highest BCUT2D eigenvalue weighted by molar-refractivity contribution is 7.21. The highest BCUT2D eigenvalue weighted by Crippen LogP contribution is 2.55. The van der Waals surface area contributed by atoms with Crippen LogP contribution in [0.5, 0.6) is 0 Å². The molecular formula is C24H25N3OS. The van der Waals surface area contributed by atoms with Crippen LogP contribution >= 0.6 is 11.3 Å². The molecule has 3 N–H and O–H groups in total. The first-order chi connectivity index (χ1) is 14.1. The largest absolute Gasteiger partial charge is 0.397 e. The van der Waals surface area contributed by atoms with Gasteiger partial charge in [0.1, 0.15) is 9.71 Å². The van der Waals surface area contributed by atoms with Crippen molar-refractivity contribution in [1.29, 1.82) is 0 Å². The summed E-state index contributed by atoms with van der Waals surface area (Å²) < 4.78 is 0. The van der Waals surface area contributed by atoms with Gasteiger partial charge in [0.15, 0.2) is 0 Å².